The molecule has 2 saturated heterocycles. The first kappa shape index (κ1) is 18.6. The third-order valence-corrected chi connectivity index (χ3v) is 7.64. The van der Waals surface area contributed by atoms with Gasteiger partial charge in [0.15, 0.2) is 0 Å². The highest BCUT2D eigenvalue weighted by Gasteiger charge is 2.32. The van der Waals surface area contributed by atoms with E-state index in [0.29, 0.717) is 6.85 Å². The molecule has 3 aliphatic rings. The monoisotopic (exact) mass is 352 g/mol. The molecule has 0 N–H and O–H groups in total. The van der Waals surface area contributed by atoms with Gasteiger partial charge in [-0.2, -0.15) is 0 Å². The van der Waals surface area contributed by atoms with E-state index in [2.05, 4.69) is 48.6 Å². The Morgan fingerprint density at radius 2 is 1.65 bits per heavy atom. The van der Waals surface area contributed by atoms with E-state index in [0.717, 1.165) is 17.9 Å². The Morgan fingerprint density at radius 1 is 0.923 bits per heavy atom. The first-order valence-corrected chi connectivity index (χ1v) is 11.2. The molecule has 0 bridgehead atoms. The minimum Gasteiger partial charge on any atom is -0.338 e. The summed E-state index contributed by atoms with van der Waals surface area (Å²) in [4.78, 5) is 5.56. The van der Waals surface area contributed by atoms with E-state index in [1.165, 1.54) is 71.1 Å². The van der Waals surface area contributed by atoms with Gasteiger partial charge in [0.2, 0.25) is 0 Å². The summed E-state index contributed by atoms with van der Waals surface area (Å²) in [6, 6.07) is 7.95. The van der Waals surface area contributed by atoms with Crippen LogP contribution in [-0.2, 0) is 6.42 Å². The number of nitrogens with zero attached hydrogens (tertiary/aromatic N) is 2. The normalized spacial score (nSPS) is 26.7. The molecular formula is C23H37BN2. The van der Waals surface area contributed by atoms with Crippen LogP contribution in [0, 0.1) is 5.92 Å². The largest absolute Gasteiger partial charge is 0.338 e. The first-order chi connectivity index (χ1) is 12.6. The molecule has 2 heterocycles. The predicted molar refractivity (Wildman–Crippen MR) is 114 cm³/mol. The molecule has 0 amide bonds. The zero-order chi connectivity index (χ0) is 18.1. The van der Waals surface area contributed by atoms with Crippen molar-refractivity contribution in [1.82, 2.24) is 9.71 Å². The maximum absolute atomic E-state index is 2.80. The summed E-state index contributed by atoms with van der Waals surface area (Å²) in [6.07, 6.45) is 9.57. The van der Waals surface area contributed by atoms with Crippen LogP contribution in [0.2, 0.25) is 6.82 Å². The Labute approximate surface area is 161 Å². The van der Waals surface area contributed by atoms with E-state index in [4.69, 9.17) is 0 Å². The minimum atomic E-state index is 0.577. The van der Waals surface area contributed by atoms with Crippen molar-refractivity contribution < 1.29 is 0 Å². The Balaban J connectivity index is 1.41. The SMILES string of the molecule is CB(c1cccc2c1C(C)CCC2)N1CCC(N2CCC(C)CC2)CC1. The van der Waals surface area contributed by atoms with Crippen molar-refractivity contribution in [3.05, 3.63) is 29.3 Å². The zero-order valence-electron chi connectivity index (χ0n) is 17.2. The lowest BCUT2D eigenvalue weighted by Crippen LogP contribution is -2.54. The highest BCUT2D eigenvalue weighted by Crippen LogP contribution is 2.31. The number of likely N-dealkylation sites (tertiary alicyclic amines) is 1. The van der Waals surface area contributed by atoms with E-state index in [-0.39, 0.29) is 0 Å². The highest BCUT2D eigenvalue weighted by molar-refractivity contribution is 6.70. The Bertz CT molecular complexity index is 600. The molecule has 2 aliphatic heterocycles. The smallest absolute Gasteiger partial charge is 0.254 e. The van der Waals surface area contributed by atoms with Crippen LogP contribution in [0.4, 0.5) is 0 Å². The third kappa shape index (κ3) is 3.75. The second-order valence-corrected chi connectivity index (χ2v) is 9.37. The van der Waals surface area contributed by atoms with Gasteiger partial charge in [0.25, 0.3) is 6.85 Å². The number of benzene rings is 1. The van der Waals surface area contributed by atoms with Crippen LogP contribution in [0.1, 0.15) is 69.4 Å². The van der Waals surface area contributed by atoms with Crippen molar-refractivity contribution in [3.8, 4) is 0 Å². The lowest BCUT2D eigenvalue weighted by atomic mass is 9.52. The van der Waals surface area contributed by atoms with Gasteiger partial charge >= 0.3 is 0 Å². The Hall–Kier alpha value is -0.795. The summed E-state index contributed by atoms with van der Waals surface area (Å²) < 4.78 is 0. The summed E-state index contributed by atoms with van der Waals surface area (Å²) in [6.45, 7) is 13.1. The molecule has 0 aromatic heterocycles. The van der Waals surface area contributed by atoms with Crippen LogP contribution < -0.4 is 5.46 Å². The second-order valence-electron chi connectivity index (χ2n) is 9.37. The van der Waals surface area contributed by atoms with Gasteiger partial charge in [-0.1, -0.05) is 44.3 Å². The third-order valence-electron chi connectivity index (χ3n) is 7.64. The Morgan fingerprint density at radius 3 is 2.38 bits per heavy atom. The molecule has 3 heteroatoms. The van der Waals surface area contributed by atoms with Crippen molar-refractivity contribution in [2.24, 2.45) is 5.92 Å². The molecule has 1 atom stereocenters. The summed E-state index contributed by atoms with van der Waals surface area (Å²) in [5.41, 5.74) is 4.95. The van der Waals surface area contributed by atoms with Crippen molar-refractivity contribution in [2.45, 2.75) is 77.6 Å². The molecule has 0 spiro atoms. The summed E-state index contributed by atoms with van der Waals surface area (Å²) in [5, 5.41) is 0. The van der Waals surface area contributed by atoms with Gasteiger partial charge in [0.1, 0.15) is 0 Å². The second kappa shape index (κ2) is 8.06. The molecule has 2 fully saturated rings. The lowest BCUT2D eigenvalue weighted by Gasteiger charge is -2.43. The summed E-state index contributed by atoms with van der Waals surface area (Å²) >= 11 is 0. The maximum atomic E-state index is 2.80. The molecule has 4 rings (SSSR count). The van der Waals surface area contributed by atoms with Gasteiger partial charge in [0.05, 0.1) is 0 Å². The quantitative estimate of drug-likeness (QED) is 0.754. The average molecular weight is 352 g/mol. The van der Waals surface area contributed by atoms with E-state index >= 15 is 0 Å². The van der Waals surface area contributed by atoms with Gasteiger partial charge in [-0.05, 0) is 94.1 Å². The Kier molecular flexibility index (Phi) is 5.76. The summed E-state index contributed by atoms with van der Waals surface area (Å²) in [5.74, 6) is 1.68. The van der Waals surface area contributed by atoms with Gasteiger partial charge < -0.3 is 9.71 Å². The van der Waals surface area contributed by atoms with Gasteiger partial charge in [0, 0.05) is 6.04 Å². The van der Waals surface area contributed by atoms with Gasteiger partial charge in [-0.3, -0.25) is 0 Å². The molecule has 0 saturated carbocycles. The van der Waals surface area contributed by atoms with E-state index in [9.17, 15) is 0 Å². The van der Waals surface area contributed by atoms with Crippen molar-refractivity contribution in [1.29, 1.82) is 0 Å². The highest BCUT2D eigenvalue weighted by atomic mass is 15.2. The molecule has 1 aliphatic carbocycles. The standard InChI is InChI=1S/C23H37BN2/c1-18-10-14-25(15-11-18)21-12-16-26(17-13-21)24(3)22-9-5-8-20-7-4-6-19(2)23(20)22/h5,8-9,18-19,21H,4,6-7,10-17H2,1-3H3. The first-order valence-electron chi connectivity index (χ1n) is 11.2. The molecule has 1 aromatic rings. The fourth-order valence-electron chi connectivity index (χ4n) is 5.79. The van der Waals surface area contributed by atoms with Crippen LogP contribution in [0.15, 0.2) is 18.2 Å². The van der Waals surface area contributed by atoms with E-state index < -0.39 is 0 Å². The van der Waals surface area contributed by atoms with Crippen LogP contribution in [0.5, 0.6) is 0 Å². The summed E-state index contributed by atoms with van der Waals surface area (Å²) in [7, 11) is 0. The van der Waals surface area contributed by atoms with Crippen molar-refractivity contribution in [3.63, 3.8) is 0 Å². The number of hydrogen-bond donors (Lipinski definition) is 0. The topological polar surface area (TPSA) is 6.48 Å². The van der Waals surface area contributed by atoms with Crippen LogP contribution in [-0.4, -0.2) is 48.8 Å². The van der Waals surface area contributed by atoms with Crippen molar-refractivity contribution in [2.75, 3.05) is 26.2 Å². The molecule has 1 unspecified atom stereocenters. The van der Waals surface area contributed by atoms with Crippen LogP contribution in [0.25, 0.3) is 0 Å². The predicted octanol–water partition coefficient (Wildman–Crippen LogP) is 4.15. The van der Waals surface area contributed by atoms with Gasteiger partial charge in [-0.15, -0.1) is 0 Å². The number of aryl methyl sites for hydroxylation is 1. The van der Waals surface area contributed by atoms with Crippen molar-refractivity contribution >= 4 is 12.3 Å². The van der Waals surface area contributed by atoms with E-state index in [1.807, 2.05) is 0 Å². The van der Waals surface area contributed by atoms with Crippen LogP contribution >= 0.6 is 0 Å². The van der Waals surface area contributed by atoms with Crippen LogP contribution in [0.3, 0.4) is 0 Å². The minimum absolute atomic E-state index is 0.577. The number of fused-ring (bicyclic) bond motifs is 1. The molecule has 142 valence electrons. The maximum Gasteiger partial charge on any atom is 0.254 e. The lowest BCUT2D eigenvalue weighted by molar-refractivity contribution is 0.100. The molecule has 1 aromatic carbocycles. The zero-order valence-corrected chi connectivity index (χ0v) is 17.2. The number of piperidine rings is 2. The molecule has 26 heavy (non-hydrogen) atoms. The average Bonchev–Trinajstić information content (AvgIpc) is 2.68. The fourth-order valence-corrected chi connectivity index (χ4v) is 5.79. The molecule has 0 radical (unpaired) electrons. The fraction of sp³-hybridized carbons (Fsp3) is 0.739. The molecule has 2 nitrogen and oxygen atoms in total. The molecular weight excluding hydrogens is 315 g/mol. The van der Waals surface area contributed by atoms with Gasteiger partial charge in [-0.25, -0.2) is 0 Å². The van der Waals surface area contributed by atoms with E-state index in [1.54, 1.807) is 16.6 Å². The number of hydrogen-bond acceptors (Lipinski definition) is 2. The number of rotatable bonds is 3.